The number of ether oxygens (including phenoxy) is 1. The molecule has 0 saturated heterocycles. The largest absolute Gasteiger partial charge is 0.466 e. The van der Waals surface area contributed by atoms with Gasteiger partial charge in [-0.25, -0.2) is 4.39 Å². The predicted octanol–water partition coefficient (Wildman–Crippen LogP) is 3.21. The topological polar surface area (TPSA) is 55.4 Å². The lowest BCUT2D eigenvalue weighted by atomic mass is 10.2. The molecule has 0 heterocycles. The van der Waals surface area contributed by atoms with Crippen LogP contribution in [0.25, 0.3) is 0 Å². The average molecular weight is 322 g/mol. The molecule has 4 nitrogen and oxygen atoms in total. The van der Waals surface area contributed by atoms with Crippen molar-refractivity contribution in [2.75, 3.05) is 13.2 Å². The summed E-state index contributed by atoms with van der Waals surface area (Å²) < 4.78 is 18.0. The fourth-order valence-electron chi connectivity index (χ4n) is 1.46. The van der Waals surface area contributed by atoms with Gasteiger partial charge in [-0.3, -0.25) is 9.59 Å². The van der Waals surface area contributed by atoms with E-state index in [1.807, 2.05) is 0 Å². The molecule has 1 aromatic rings. The van der Waals surface area contributed by atoms with Crippen LogP contribution in [0, 0.1) is 5.82 Å². The highest BCUT2D eigenvalue weighted by molar-refractivity contribution is 6.36. The van der Waals surface area contributed by atoms with Gasteiger partial charge in [0.1, 0.15) is 5.82 Å². The van der Waals surface area contributed by atoms with Crippen LogP contribution in [-0.4, -0.2) is 25.0 Å². The summed E-state index contributed by atoms with van der Waals surface area (Å²) in [6.45, 7) is 2.31. The van der Waals surface area contributed by atoms with Crippen LogP contribution in [0.5, 0.6) is 0 Å². The first-order valence-electron chi connectivity index (χ1n) is 6.04. The third-order valence-electron chi connectivity index (χ3n) is 2.40. The quantitative estimate of drug-likeness (QED) is 0.497. The summed E-state index contributed by atoms with van der Waals surface area (Å²) in [7, 11) is 0. The first kappa shape index (κ1) is 16.7. The van der Waals surface area contributed by atoms with E-state index in [-0.39, 0.29) is 34.5 Å². The van der Waals surface area contributed by atoms with Gasteiger partial charge in [-0.15, -0.1) is 0 Å². The van der Waals surface area contributed by atoms with E-state index in [0.29, 0.717) is 13.0 Å². The zero-order chi connectivity index (χ0) is 15.1. The number of hydrogen-bond acceptors (Lipinski definition) is 3. The Morgan fingerprint density at radius 2 is 2.00 bits per heavy atom. The van der Waals surface area contributed by atoms with E-state index in [1.54, 1.807) is 6.92 Å². The number of carbonyl (C=O) groups excluding carboxylic acids is 2. The van der Waals surface area contributed by atoms with Crippen LogP contribution in [0.2, 0.25) is 10.0 Å². The Hall–Kier alpha value is -1.33. The molecule has 0 radical (unpaired) electrons. The molecule has 7 heteroatoms. The number of amides is 1. The fraction of sp³-hybridized carbons (Fsp3) is 0.385. The van der Waals surface area contributed by atoms with Gasteiger partial charge in [0.05, 0.1) is 22.2 Å². The van der Waals surface area contributed by atoms with Gasteiger partial charge >= 0.3 is 5.97 Å². The summed E-state index contributed by atoms with van der Waals surface area (Å²) in [6, 6.07) is 2.15. The van der Waals surface area contributed by atoms with Gasteiger partial charge in [-0.05, 0) is 25.5 Å². The molecule has 110 valence electrons. The highest BCUT2D eigenvalue weighted by Gasteiger charge is 2.14. The van der Waals surface area contributed by atoms with Crippen molar-refractivity contribution in [3.63, 3.8) is 0 Å². The lowest BCUT2D eigenvalue weighted by Crippen LogP contribution is -2.25. The smallest absolute Gasteiger partial charge is 0.305 e. The number of benzene rings is 1. The molecule has 1 aromatic carbocycles. The highest BCUT2D eigenvalue weighted by atomic mass is 35.5. The Balaban J connectivity index is 2.48. The molecule has 0 aromatic heterocycles. The van der Waals surface area contributed by atoms with Crippen molar-refractivity contribution in [2.45, 2.75) is 19.8 Å². The monoisotopic (exact) mass is 321 g/mol. The molecule has 0 bridgehead atoms. The number of nitrogens with one attached hydrogen (secondary N) is 1. The SMILES string of the molecule is CCOC(=O)CCCNC(=O)c1cc(F)c(Cl)cc1Cl. The summed E-state index contributed by atoms with van der Waals surface area (Å²) in [4.78, 5) is 22.9. The van der Waals surface area contributed by atoms with Crippen LogP contribution < -0.4 is 5.32 Å². The zero-order valence-electron chi connectivity index (χ0n) is 10.8. The van der Waals surface area contributed by atoms with Crippen molar-refractivity contribution < 1.29 is 18.7 Å². The van der Waals surface area contributed by atoms with E-state index in [1.165, 1.54) is 6.07 Å². The first-order valence-corrected chi connectivity index (χ1v) is 6.79. The summed E-state index contributed by atoms with van der Waals surface area (Å²) in [5.74, 6) is -1.56. The van der Waals surface area contributed by atoms with E-state index in [9.17, 15) is 14.0 Å². The number of esters is 1. The van der Waals surface area contributed by atoms with E-state index >= 15 is 0 Å². The molecule has 0 aliphatic rings. The molecule has 0 fully saturated rings. The van der Waals surface area contributed by atoms with Crippen molar-refractivity contribution in [1.82, 2.24) is 5.32 Å². The number of rotatable bonds is 6. The number of carbonyl (C=O) groups is 2. The molecule has 1 rings (SSSR count). The van der Waals surface area contributed by atoms with Crippen LogP contribution in [0.1, 0.15) is 30.1 Å². The maximum atomic E-state index is 13.3. The number of halogens is 3. The van der Waals surface area contributed by atoms with Crippen LogP contribution in [0.15, 0.2) is 12.1 Å². The van der Waals surface area contributed by atoms with Crippen LogP contribution in [0.3, 0.4) is 0 Å². The third kappa shape index (κ3) is 4.98. The molecule has 1 N–H and O–H groups in total. The zero-order valence-corrected chi connectivity index (χ0v) is 12.4. The average Bonchev–Trinajstić information content (AvgIpc) is 2.39. The Morgan fingerprint density at radius 1 is 1.30 bits per heavy atom. The van der Waals surface area contributed by atoms with E-state index < -0.39 is 11.7 Å². The Morgan fingerprint density at radius 3 is 2.65 bits per heavy atom. The standard InChI is InChI=1S/C13H14Cl2FNO3/c1-2-20-12(18)4-3-5-17-13(19)8-6-11(16)10(15)7-9(8)14/h6-7H,2-5H2,1H3,(H,17,19). The van der Waals surface area contributed by atoms with E-state index in [4.69, 9.17) is 27.9 Å². The minimum atomic E-state index is -0.715. The van der Waals surface area contributed by atoms with Gasteiger partial charge in [-0.1, -0.05) is 23.2 Å². The molecule has 0 spiro atoms. The first-order chi connectivity index (χ1) is 9.45. The predicted molar refractivity (Wildman–Crippen MR) is 74.6 cm³/mol. The van der Waals surface area contributed by atoms with Gasteiger partial charge in [-0.2, -0.15) is 0 Å². The molecule has 0 atom stereocenters. The number of hydrogen-bond donors (Lipinski definition) is 1. The maximum absolute atomic E-state index is 13.3. The summed E-state index contributed by atoms with van der Waals surface area (Å²) in [5, 5.41) is 2.47. The lowest BCUT2D eigenvalue weighted by Gasteiger charge is -2.07. The van der Waals surface area contributed by atoms with Gasteiger partial charge in [0.25, 0.3) is 5.91 Å². The Bertz CT molecular complexity index is 509. The lowest BCUT2D eigenvalue weighted by molar-refractivity contribution is -0.143. The van der Waals surface area contributed by atoms with Gasteiger partial charge < -0.3 is 10.1 Å². The Kier molecular flexibility index (Phi) is 6.75. The Labute approximate surface area is 126 Å². The van der Waals surface area contributed by atoms with Gasteiger partial charge in [0.15, 0.2) is 0 Å². The highest BCUT2D eigenvalue weighted by Crippen LogP contribution is 2.24. The molecule has 1 amide bonds. The van der Waals surface area contributed by atoms with Crippen molar-refractivity contribution in [1.29, 1.82) is 0 Å². The molecule has 0 aliphatic carbocycles. The summed E-state index contributed by atoms with van der Waals surface area (Å²) >= 11 is 11.4. The molecule has 20 heavy (non-hydrogen) atoms. The minimum absolute atomic E-state index is 0.00435. The van der Waals surface area contributed by atoms with Crippen molar-refractivity contribution >= 4 is 35.1 Å². The second-order valence-electron chi connectivity index (χ2n) is 3.91. The second-order valence-corrected chi connectivity index (χ2v) is 4.73. The van der Waals surface area contributed by atoms with Gasteiger partial charge in [0, 0.05) is 13.0 Å². The van der Waals surface area contributed by atoms with Gasteiger partial charge in [0.2, 0.25) is 0 Å². The normalized spacial score (nSPS) is 10.2. The van der Waals surface area contributed by atoms with E-state index in [2.05, 4.69) is 5.32 Å². The molecular formula is C13H14Cl2FNO3. The molecule has 0 saturated carbocycles. The van der Waals surface area contributed by atoms with Crippen molar-refractivity contribution in [3.05, 3.63) is 33.6 Å². The minimum Gasteiger partial charge on any atom is -0.466 e. The summed E-state index contributed by atoms with van der Waals surface area (Å²) in [5.41, 5.74) is 0.00435. The third-order valence-corrected chi connectivity index (χ3v) is 3.01. The van der Waals surface area contributed by atoms with Crippen molar-refractivity contribution in [2.24, 2.45) is 0 Å². The van der Waals surface area contributed by atoms with E-state index in [0.717, 1.165) is 6.07 Å². The molecular weight excluding hydrogens is 308 g/mol. The fourth-order valence-corrected chi connectivity index (χ4v) is 1.93. The van der Waals surface area contributed by atoms with Crippen LogP contribution >= 0.6 is 23.2 Å². The van der Waals surface area contributed by atoms with Crippen LogP contribution in [0.4, 0.5) is 4.39 Å². The second kappa shape index (κ2) is 8.07. The molecule has 0 unspecified atom stereocenters. The maximum Gasteiger partial charge on any atom is 0.305 e. The van der Waals surface area contributed by atoms with Crippen LogP contribution in [-0.2, 0) is 9.53 Å². The molecule has 0 aliphatic heterocycles. The summed E-state index contributed by atoms with van der Waals surface area (Å²) in [6.07, 6.45) is 0.634. The van der Waals surface area contributed by atoms with Crippen molar-refractivity contribution in [3.8, 4) is 0 Å².